The number of ether oxygens (including phenoxy) is 2. The summed E-state index contributed by atoms with van der Waals surface area (Å²) < 4.78 is 24.5. The maximum atomic E-state index is 13.1. The second-order valence-corrected chi connectivity index (χ2v) is 26.9. The lowest BCUT2D eigenvalue weighted by Crippen LogP contribution is -2.68. The Morgan fingerprint density at radius 1 is 0.952 bits per heavy atom. The molecule has 1 aromatic carbocycles. The first kappa shape index (κ1) is 45.2. The van der Waals surface area contributed by atoms with Crippen molar-refractivity contribution in [3.05, 3.63) is 65.9 Å². The molecule has 9 heteroatoms. The highest BCUT2D eigenvalue weighted by Crippen LogP contribution is 2.76. The SMILES string of the molecule is C=C(C)[C@@H]1CC[C@]2(NCCN3CC[SH](C)(=O)CC3)CC[C@]3(C)[C@H](CCC4[C@@]5(C)CC=C(C6=CCC(COc7nccc8ccc(OC)cc78)(C(=O)O)CC6)C(C)(C)C5CC[C@]43C)C12. The molecule has 8 nitrogen and oxygen atoms in total. The van der Waals surface area contributed by atoms with Gasteiger partial charge in [-0.15, -0.1) is 9.93 Å². The number of hydrogen-bond acceptors (Lipinski definition) is 7. The van der Waals surface area contributed by atoms with Crippen LogP contribution >= 0.6 is 0 Å². The van der Waals surface area contributed by atoms with Gasteiger partial charge < -0.3 is 24.8 Å². The van der Waals surface area contributed by atoms with E-state index in [0.29, 0.717) is 54.1 Å². The monoisotopic (exact) mass is 882 g/mol. The summed E-state index contributed by atoms with van der Waals surface area (Å²) in [5, 5.41) is 16.8. The largest absolute Gasteiger partial charge is 0.497 e. The molecule has 346 valence electrons. The topological polar surface area (TPSA) is 101 Å². The lowest BCUT2D eigenvalue weighted by molar-refractivity contribution is -0.221. The van der Waals surface area contributed by atoms with Crippen molar-refractivity contribution in [3.63, 3.8) is 0 Å². The van der Waals surface area contributed by atoms with E-state index in [2.05, 4.69) is 75.5 Å². The minimum Gasteiger partial charge on any atom is -0.497 e. The molecule has 2 heterocycles. The minimum atomic E-state index is -1.92. The Kier molecular flexibility index (Phi) is 11.5. The second kappa shape index (κ2) is 16.1. The summed E-state index contributed by atoms with van der Waals surface area (Å²) in [5.74, 6) is 5.27. The number of allylic oxidation sites excluding steroid dienone is 5. The fourth-order valence-electron chi connectivity index (χ4n) is 16.3. The maximum Gasteiger partial charge on any atom is 0.313 e. The van der Waals surface area contributed by atoms with E-state index in [1.165, 1.54) is 68.1 Å². The first-order valence-corrected chi connectivity index (χ1v) is 27.2. The lowest BCUT2D eigenvalue weighted by Gasteiger charge is -2.72. The highest BCUT2D eigenvalue weighted by atomic mass is 32.2. The van der Waals surface area contributed by atoms with Gasteiger partial charge in [0, 0.05) is 54.8 Å². The molecule has 1 aliphatic heterocycles. The predicted octanol–water partition coefficient (Wildman–Crippen LogP) is 10.3. The number of aromatic nitrogens is 1. The fraction of sp³-hybridized carbons (Fsp3) is 0.704. The molecule has 4 saturated carbocycles. The van der Waals surface area contributed by atoms with Crippen LogP contribution in [0.1, 0.15) is 119 Å². The number of carboxylic acids is 1. The summed E-state index contributed by atoms with van der Waals surface area (Å²) in [6, 6.07) is 7.74. The van der Waals surface area contributed by atoms with Gasteiger partial charge in [-0.2, -0.15) is 0 Å². The van der Waals surface area contributed by atoms with Gasteiger partial charge in [0.25, 0.3) is 0 Å². The Labute approximate surface area is 379 Å². The van der Waals surface area contributed by atoms with Gasteiger partial charge >= 0.3 is 5.97 Å². The van der Waals surface area contributed by atoms with E-state index in [4.69, 9.17) is 9.47 Å². The molecule has 4 unspecified atom stereocenters. The zero-order chi connectivity index (χ0) is 44.8. The Morgan fingerprint density at radius 2 is 1.73 bits per heavy atom. The third kappa shape index (κ3) is 7.30. The summed E-state index contributed by atoms with van der Waals surface area (Å²) in [7, 11) is -0.282. The Balaban J connectivity index is 0.926. The number of benzene rings is 1. The second-order valence-electron chi connectivity index (χ2n) is 23.4. The molecule has 63 heavy (non-hydrogen) atoms. The highest BCUT2D eigenvalue weighted by Gasteiger charge is 2.70. The molecule has 6 aliphatic carbocycles. The summed E-state index contributed by atoms with van der Waals surface area (Å²) in [6.45, 7) is 24.3. The van der Waals surface area contributed by atoms with Crippen molar-refractivity contribution in [1.82, 2.24) is 15.2 Å². The Hall–Kier alpha value is -3.01. The number of rotatable bonds is 11. The van der Waals surface area contributed by atoms with Gasteiger partial charge in [0.2, 0.25) is 5.88 Å². The number of hydrogen-bond donors (Lipinski definition) is 3. The standard InChI is InChI=1S/C54H79N3O5S/c1-36(2)40-16-24-54(56-28-29-57-30-32-63(9,60)33-31-57)26-25-51(6)43(46(40)54)12-13-45-50(5)20-17-42(49(3,4)44(50)18-21-52(45,51)7)38-14-22-53(23-15-38,48(58)59)35-62-47-41-34-39(61-8)11-10-37(41)19-27-55-47/h10-11,14,17,19,27,34,40,43-46,56,63H,1,12-13,15-16,18,20-26,28-33,35H2,2-9H3,(H,58,59)/t40-,43+,44?,45?,46?,50-,51+,52+,53?,54-/m0/s1. The molecule has 2 N–H and O–H groups in total. The van der Waals surface area contributed by atoms with Crippen LogP contribution < -0.4 is 14.8 Å². The van der Waals surface area contributed by atoms with Crippen LogP contribution in [0, 0.1) is 56.7 Å². The van der Waals surface area contributed by atoms with Crippen molar-refractivity contribution in [3.8, 4) is 11.6 Å². The third-order valence-electron chi connectivity index (χ3n) is 20.2. The quantitative estimate of drug-likeness (QED) is 0.152. The van der Waals surface area contributed by atoms with Crippen LogP contribution in [-0.4, -0.2) is 88.4 Å². The van der Waals surface area contributed by atoms with Crippen molar-refractivity contribution in [2.75, 3.05) is 57.7 Å². The maximum absolute atomic E-state index is 13.1. The van der Waals surface area contributed by atoms with E-state index in [1.807, 2.05) is 30.5 Å². The van der Waals surface area contributed by atoms with E-state index in [0.717, 1.165) is 61.3 Å². The van der Waals surface area contributed by atoms with Crippen molar-refractivity contribution in [2.45, 2.75) is 124 Å². The molecule has 9 rings (SSSR count). The molecule has 5 fully saturated rings. The number of aliphatic carboxylic acids is 1. The number of thiol groups is 1. The molecule has 1 saturated heterocycles. The van der Waals surface area contributed by atoms with Gasteiger partial charge in [0.1, 0.15) is 17.8 Å². The number of methoxy groups -OCH3 is 1. The van der Waals surface area contributed by atoms with Gasteiger partial charge in [0.15, 0.2) is 0 Å². The van der Waals surface area contributed by atoms with E-state index >= 15 is 0 Å². The van der Waals surface area contributed by atoms with Crippen molar-refractivity contribution >= 4 is 26.7 Å². The number of carboxylic acid groups (broad SMARTS) is 1. The van der Waals surface area contributed by atoms with Crippen LogP contribution in [0.2, 0.25) is 0 Å². The summed E-state index contributed by atoms with van der Waals surface area (Å²) >= 11 is 0. The van der Waals surface area contributed by atoms with Crippen molar-refractivity contribution < 1.29 is 23.6 Å². The van der Waals surface area contributed by atoms with E-state index in [9.17, 15) is 14.1 Å². The van der Waals surface area contributed by atoms with Crippen LogP contribution in [0.15, 0.2) is 65.9 Å². The smallest absolute Gasteiger partial charge is 0.313 e. The number of fused-ring (bicyclic) bond motifs is 8. The zero-order valence-electron chi connectivity index (χ0n) is 40.0. The van der Waals surface area contributed by atoms with Crippen LogP contribution in [0.5, 0.6) is 11.6 Å². The van der Waals surface area contributed by atoms with E-state index in [1.54, 1.807) is 13.3 Å². The molecular formula is C54H79N3O5S. The first-order valence-electron chi connectivity index (χ1n) is 24.7. The third-order valence-corrected chi connectivity index (χ3v) is 22.5. The molecule has 10 atom stereocenters. The molecule has 1 aromatic heterocycles. The molecule has 7 aliphatic rings. The van der Waals surface area contributed by atoms with Gasteiger partial charge in [-0.1, -0.05) is 65.0 Å². The summed E-state index contributed by atoms with van der Waals surface area (Å²) in [5.41, 5.74) is 4.15. The normalized spacial score (nSPS) is 40.0. The fourth-order valence-corrected chi connectivity index (χ4v) is 18.0. The summed E-state index contributed by atoms with van der Waals surface area (Å²) in [6.07, 6.45) is 21.7. The Morgan fingerprint density at radius 3 is 2.43 bits per heavy atom. The Bertz CT molecular complexity index is 2240. The first-order chi connectivity index (χ1) is 29.8. The average Bonchev–Trinajstić information content (AvgIpc) is 3.63. The van der Waals surface area contributed by atoms with Crippen LogP contribution in [-0.2, 0) is 14.7 Å². The summed E-state index contributed by atoms with van der Waals surface area (Å²) in [4.78, 5) is 20.1. The minimum absolute atomic E-state index is 0.00582. The van der Waals surface area contributed by atoms with Gasteiger partial charge in [-0.25, -0.2) is 4.98 Å². The van der Waals surface area contributed by atoms with Gasteiger partial charge in [-0.05, 0) is 176 Å². The highest BCUT2D eigenvalue weighted by molar-refractivity contribution is 8.02. The van der Waals surface area contributed by atoms with Crippen molar-refractivity contribution in [1.29, 1.82) is 0 Å². The van der Waals surface area contributed by atoms with Gasteiger partial charge in [0.05, 0.1) is 7.11 Å². The van der Waals surface area contributed by atoms with Crippen LogP contribution in [0.3, 0.4) is 0 Å². The van der Waals surface area contributed by atoms with E-state index < -0.39 is 21.3 Å². The van der Waals surface area contributed by atoms with Gasteiger partial charge in [-0.3, -0.25) is 9.00 Å². The predicted molar refractivity (Wildman–Crippen MR) is 258 cm³/mol. The van der Waals surface area contributed by atoms with E-state index in [-0.39, 0.29) is 33.8 Å². The average molecular weight is 882 g/mol. The molecule has 0 amide bonds. The number of pyridine rings is 1. The van der Waals surface area contributed by atoms with Crippen molar-refractivity contribution in [2.24, 2.45) is 56.7 Å². The molecule has 0 spiro atoms. The number of carbonyl (C=O) groups is 1. The van der Waals surface area contributed by atoms with Crippen LogP contribution in [0.25, 0.3) is 10.8 Å². The molecule has 0 radical (unpaired) electrons. The number of nitrogens with one attached hydrogen (secondary N) is 1. The number of nitrogens with zero attached hydrogens (tertiary/aromatic N) is 2. The lowest BCUT2D eigenvalue weighted by atomic mass is 9.33. The molecule has 2 aromatic rings. The molecular weight excluding hydrogens is 803 g/mol. The molecule has 0 bridgehead atoms. The zero-order valence-corrected chi connectivity index (χ0v) is 40.9. The van der Waals surface area contributed by atoms with Crippen LogP contribution in [0.4, 0.5) is 0 Å².